The number of rotatable bonds is 8. The highest BCUT2D eigenvalue weighted by Crippen LogP contribution is 2.52. The molecule has 0 aliphatic heterocycles. The molecule has 0 heterocycles. The zero-order chi connectivity index (χ0) is 31.2. The molecule has 7 atom stereocenters. The number of carbonyl (C=O) groups excluding carboxylic acids is 4. The van der Waals surface area contributed by atoms with Gasteiger partial charge < -0.3 is 25.2 Å². The van der Waals surface area contributed by atoms with Crippen molar-refractivity contribution in [3.05, 3.63) is 101 Å². The molecule has 3 aliphatic carbocycles. The largest absolute Gasteiger partial charge is 0.488 e. The van der Waals surface area contributed by atoms with Crippen LogP contribution in [0, 0.1) is 23.7 Å². The molecule has 0 aromatic heterocycles. The van der Waals surface area contributed by atoms with Crippen molar-refractivity contribution >= 4 is 23.3 Å². The average molecular weight is 597 g/mol. The minimum atomic E-state index is -2.57. The predicted octanol–water partition coefficient (Wildman–Crippen LogP) is 2.76. The zero-order valence-corrected chi connectivity index (χ0v) is 24.7. The first-order chi connectivity index (χ1) is 21.1. The molecule has 0 radical (unpaired) electrons. The Morgan fingerprint density at radius 3 is 2.16 bits per heavy atom. The normalized spacial score (nSPS) is 29.5. The van der Waals surface area contributed by atoms with Gasteiger partial charge in [0.05, 0.1) is 24.2 Å². The third-order valence-electron chi connectivity index (χ3n) is 9.51. The molecule has 0 saturated heterocycles. The molecule has 0 bridgehead atoms. The first-order valence-corrected chi connectivity index (χ1v) is 14.9. The van der Waals surface area contributed by atoms with Gasteiger partial charge in [0.1, 0.15) is 18.3 Å². The average Bonchev–Trinajstić information content (AvgIpc) is 3.01. The van der Waals surface area contributed by atoms with E-state index in [9.17, 15) is 24.3 Å². The second-order valence-corrected chi connectivity index (χ2v) is 12.3. The number of carbonyl (C=O) groups is 4. The molecular formula is C35H36N2O7. The van der Waals surface area contributed by atoms with Crippen LogP contribution in [-0.4, -0.2) is 65.1 Å². The van der Waals surface area contributed by atoms with Gasteiger partial charge in [-0.15, -0.1) is 0 Å². The Balaban J connectivity index is 1.35. The van der Waals surface area contributed by atoms with Gasteiger partial charge in [-0.2, -0.15) is 0 Å². The Labute approximate surface area is 255 Å². The van der Waals surface area contributed by atoms with Gasteiger partial charge in [-0.3, -0.25) is 19.2 Å². The molecule has 9 nitrogen and oxygen atoms in total. The van der Waals surface area contributed by atoms with E-state index in [0.29, 0.717) is 17.7 Å². The number of primary amides is 1. The number of benzene rings is 3. The van der Waals surface area contributed by atoms with Crippen LogP contribution in [-0.2, 0) is 38.8 Å². The van der Waals surface area contributed by atoms with Gasteiger partial charge in [0.15, 0.2) is 23.0 Å². The molecule has 6 rings (SSSR count). The minimum absolute atomic E-state index is 0.107. The summed E-state index contributed by atoms with van der Waals surface area (Å²) in [5, 5.41) is 12.1. The maximum Gasteiger partial charge on any atom is 0.230 e. The van der Waals surface area contributed by atoms with Crippen molar-refractivity contribution in [3.63, 3.8) is 0 Å². The van der Waals surface area contributed by atoms with Gasteiger partial charge in [0.25, 0.3) is 0 Å². The van der Waals surface area contributed by atoms with Crippen LogP contribution >= 0.6 is 0 Å². The number of ketones is 3. The van der Waals surface area contributed by atoms with Crippen LogP contribution in [0.3, 0.4) is 0 Å². The monoisotopic (exact) mass is 596 g/mol. The zero-order valence-electron chi connectivity index (χ0n) is 24.7. The highest BCUT2D eigenvalue weighted by molar-refractivity contribution is 6.25. The second-order valence-electron chi connectivity index (χ2n) is 12.3. The maximum atomic E-state index is 14.3. The molecular weight excluding hydrogens is 560 g/mol. The number of nitrogens with two attached hydrogens (primary N) is 1. The summed E-state index contributed by atoms with van der Waals surface area (Å²) in [6.45, 7) is 0.335. The van der Waals surface area contributed by atoms with E-state index in [1.165, 1.54) is 0 Å². The lowest BCUT2D eigenvalue weighted by Crippen LogP contribution is -2.75. The maximum absolute atomic E-state index is 14.3. The fourth-order valence-corrected chi connectivity index (χ4v) is 7.53. The Morgan fingerprint density at radius 1 is 0.909 bits per heavy atom. The summed E-state index contributed by atoms with van der Waals surface area (Å²) in [5.41, 5.74) is 6.00. The first kappa shape index (κ1) is 29.9. The molecule has 1 amide bonds. The number of nitrogens with zero attached hydrogens (tertiary/aromatic N) is 1. The van der Waals surface area contributed by atoms with Crippen LogP contribution in [0.2, 0.25) is 0 Å². The van der Waals surface area contributed by atoms with Crippen LogP contribution in [0.5, 0.6) is 5.75 Å². The Morgan fingerprint density at radius 2 is 1.55 bits per heavy atom. The van der Waals surface area contributed by atoms with Crippen molar-refractivity contribution in [1.82, 2.24) is 4.90 Å². The van der Waals surface area contributed by atoms with Crippen molar-refractivity contribution in [2.45, 2.75) is 43.8 Å². The van der Waals surface area contributed by atoms with E-state index in [1.54, 1.807) is 25.1 Å². The Kier molecular flexibility index (Phi) is 7.96. The summed E-state index contributed by atoms with van der Waals surface area (Å²) < 4.78 is 12.3. The van der Waals surface area contributed by atoms with Gasteiger partial charge in [0.2, 0.25) is 5.91 Å². The molecule has 3 aliphatic rings. The third kappa shape index (κ3) is 4.95. The summed E-state index contributed by atoms with van der Waals surface area (Å²) in [6.07, 6.45) is -0.400. The number of fused-ring (bicyclic) bond motifs is 3. The van der Waals surface area contributed by atoms with Crippen molar-refractivity contribution in [2.24, 2.45) is 29.4 Å². The summed E-state index contributed by atoms with van der Waals surface area (Å²) in [6, 6.07) is 23.5. The summed E-state index contributed by atoms with van der Waals surface area (Å²) >= 11 is 0. The molecule has 2 fully saturated rings. The molecule has 228 valence electrons. The van der Waals surface area contributed by atoms with Gasteiger partial charge in [-0.25, -0.2) is 0 Å². The number of Topliss-reactive ketones (excluding diaryl/α,β-unsaturated/α-hetero) is 3. The minimum Gasteiger partial charge on any atom is -0.488 e. The summed E-state index contributed by atoms with van der Waals surface area (Å²) in [5.74, 6) is -7.20. The fraction of sp³-hybridized carbons (Fsp3) is 0.371. The lowest BCUT2D eigenvalue weighted by Gasteiger charge is -2.55. The van der Waals surface area contributed by atoms with E-state index in [0.717, 1.165) is 16.7 Å². The van der Waals surface area contributed by atoms with E-state index in [2.05, 4.69) is 0 Å². The lowest BCUT2D eigenvalue weighted by molar-refractivity contribution is -0.196. The number of likely N-dealkylation sites (N-methyl/N-ethyl adjacent to an activating group) is 1. The Hall–Kier alpha value is -4.18. The third-order valence-corrected chi connectivity index (χ3v) is 9.51. The van der Waals surface area contributed by atoms with E-state index >= 15 is 0 Å². The van der Waals surface area contributed by atoms with E-state index < -0.39 is 64.7 Å². The van der Waals surface area contributed by atoms with Crippen molar-refractivity contribution in [3.8, 4) is 5.75 Å². The smallest absolute Gasteiger partial charge is 0.230 e. The van der Waals surface area contributed by atoms with Crippen LogP contribution < -0.4 is 10.5 Å². The predicted molar refractivity (Wildman–Crippen MR) is 160 cm³/mol. The lowest BCUT2D eigenvalue weighted by atomic mass is 9.52. The highest BCUT2D eigenvalue weighted by atomic mass is 16.5. The molecule has 44 heavy (non-hydrogen) atoms. The van der Waals surface area contributed by atoms with Gasteiger partial charge in [0, 0.05) is 12.0 Å². The number of hydrogen-bond acceptors (Lipinski definition) is 8. The number of ether oxygens (including phenoxy) is 2. The molecule has 2 saturated carbocycles. The van der Waals surface area contributed by atoms with E-state index in [-0.39, 0.29) is 19.6 Å². The number of aliphatic hydroxyl groups is 1. The molecule has 3 unspecified atom stereocenters. The first-order valence-electron chi connectivity index (χ1n) is 14.9. The summed E-state index contributed by atoms with van der Waals surface area (Å²) in [4.78, 5) is 57.1. The number of hydrogen-bond donors (Lipinski definition) is 2. The molecule has 0 spiro atoms. The highest BCUT2D eigenvalue weighted by Gasteiger charge is 2.69. The standard InChI is InChI=1S/C35H36N2O7/c1-37(2)29-24-17-23-16-22-14-9-15-25(43-18-20-10-5-3-6-11-20)26(22)30(38)27(23)32(39)35(24,42)33(40)28(34(36)41)31(29)44-19-21-12-7-4-8-13-21/h3-15,23-24,27-29,31,42H,16-19H2,1-2H3,(H2,36,41)/t23-,24-,27?,28?,29-,31?,35-/m0/s1. The van der Waals surface area contributed by atoms with Crippen LogP contribution in [0.15, 0.2) is 78.9 Å². The SMILES string of the molecule is CN(C)[C@@H]1C(OCc2ccccc2)C(C(N)=O)C(=O)[C@@]2(O)C(=O)C3C(=O)c4c(cccc4OCc4ccccc4)C[C@H]3C[C@@H]12. The van der Waals surface area contributed by atoms with Gasteiger partial charge >= 0.3 is 0 Å². The molecule has 9 heteroatoms. The van der Waals surface area contributed by atoms with Crippen LogP contribution in [0.1, 0.15) is 33.5 Å². The topological polar surface area (TPSA) is 136 Å². The van der Waals surface area contributed by atoms with E-state index in [1.807, 2.05) is 72.8 Å². The summed E-state index contributed by atoms with van der Waals surface area (Å²) in [7, 11) is 3.51. The van der Waals surface area contributed by atoms with Crippen molar-refractivity contribution in [1.29, 1.82) is 0 Å². The van der Waals surface area contributed by atoms with Crippen molar-refractivity contribution in [2.75, 3.05) is 14.1 Å². The Bertz CT molecular complexity index is 1590. The fourth-order valence-electron chi connectivity index (χ4n) is 7.53. The second kappa shape index (κ2) is 11.7. The van der Waals surface area contributed by atoms with Gasteiger partial charge in [-0.1, -0.05) is 72.8 Å². The van der Waals surface area contributed by atoms with E-state index in [4.69, 9.17) is 15.2 Å². The number of amides is 1. The molecule has 3 aromatic rings. The van der Waals surface area contributed by atoms with Crippen molar-refractivity contribution < 1.29 is 33.8 Å². The quantitative estimate of drug-likeness (QED) is 0.379. The van der Waals surface area contributed by atoms with Crippen LogP contribution in [0.4, 0.5) is 0 Å². The van der Waals surface area contributed by atoms with Gasteiger partial charge in [-0.05, 0) is 55.6 Å². The molecule has 3 aromatic carbocycles. The molecule has 3 N–H and O–H groups in total. The van der Waals surface area contributed by atoms with Crippen LogP contribution in [0.25, 0.3) is 0 Å².